The summed E-state index contributed by atoms with van der Waals surface area (Å²) >= 11 is 3.55. The fourth-order valence-electron chi connectivity index (χ4n) is 2.54. The number of anilines is 3. The maximum atomic E-state index is 4.58. The molecule has 3 rings (SSSR count). The van der Waals surface area contributed by atoms with Gasteiger partial charge in [-0.05, 0) is 40.9 Å². The number of hydrogen-bond acceptors (Lipinski definition) is 4. The number of halogens is 1. The van der Waals surface area contributed by atoms with Gasteiger partial charge < -0.3 is 10.2 Å². The summed E-state index contributed by atoms with van der Waals surface area (Å²) in [5.41, 5.74) is 2.60. The van der Waals surface area contributed by atoms with E-state index < -0.39 is 0 Å². The summed E-state index contributed by atoms with van der Waals surface area (Å²) in [7, 11) is 1.83. The molecule has 1 aliphatic heterocycles. The highest BCUT2D eigenvalue weighted by Gasteiger charge is 2.29. The lowest BCUT2D eigenvalue weighted by atomic mass is 10.1. The fraction of sp³-hybridized carbons (Fsp3) is 0.286. The summed E-state index contributed by atoms with van der Waals surface area (Å²) in [6.07, 6.45) is 2.84. The Bertz CT molecular complexity index is 614. The molecule has 98 valence electrons. The zero-order chi connectivity index (χ0) is 13.4. The van der Waals surface area contributed by atoms with Crippen molar-refractivity contribution in [1.29, 1.82) is 0 Å². The van der Waals surface area contributed by atoms with Crippen LogP contribution in [0.3, 0.4) is 0 Å². The number of benzene rings is 1. The molecule has 1 unspecified atom stereocenters. The number of aromatic nitrogens is 2. The molecule has 2 aromatic rings. The maximum absolute atomic E-state index is 4.58. The molecule has 1 aliphatic rings. The molecule has 0 saturated carbocycles. The van der Waals surface area contributed by atoms with Crippen LogP contribution < -0.4 is 10.2 Å². The van der Waals surface area contributed by atoms with E-state index in [4.69, 9.17) is 0 Å². The topological polar surface area (TPSA) is 41.1 Å². The summed E-state index contributed by atoms with van der Waals surface area (Å²) in [5.74, 6) is 1.55. The van der Waals surface area contributed by atoms with Gasteiger partial charge >= 0.3 is 0 Å². The molecule has 0 saturated heterocycles. The lowest BCUT2D eigenvalue weighted by Gasteiger charge is -2.25. The predicted octanol–water partition coefficient (Wildman–Crippen LogP) is 3.36. The first kappa shape index (κ1) is 12.4. The van der Waals surface area contributed by atoms with Crippen molar-refractivity contribution in [2.24, 2.45) is 0 Å². The lowest BCUT2D eigenvalue weighted by molar-refractivity contribution is 0.748. The Balaban J connectivity index is 2.12. The first-order valence-corrected chi connectivity index (χ1v) is 7.07. The normalized spacial score (nSPS) is 17.4. The van der Waals surface area contributed by atoms with Crippen LogP contribution in [0.1, 0.15) is 12.5 Å². The summed E-state index contributed by atoms with van der Waals surface area (Å²) in [5, 5.41) is 2.99. The Morgan fingerprint density at radius 1 is 1.37 bits per heavy atom. The molecular formula is C14H15BrN4. The number of fused-ring (bicyclic) bond motifs is 1. The summed E-state index contributed by atoms with van der Waals surface area (Å²) in [6, 6.07) is 8.88. The van der Waals surface area contributed by atoms with Crippen LogP contribution in [-0.4, -0.2) is 23.1 Å². The minimum absolute atomic E-state index is 0.397. The van der Waals surface area contributed by atoms with Gasteiger partial charge in [0.1, 0.15) is 0 Å². The van der Waals surface area contributed by atoms with Crippen molar-refractivity contribution >= 4 is 33.4 Å². The SMILES string of the molecule is CNc1ncc(Br)c(N2c3ccccc3CC2C)n1. The van der Waals surface area contributed by atoms with Gasteiger partial charge in [0.25, 0.3) is 0 Å². The van der Waals surface area contributed by atoms with E-state index in [0.717, 1.165) is 16.7 Å². The highest BCUT2D eigenvalue weighted by Crippen LogP contribution is 2.40. The third-order valence-electron chi connectivity index (χ3n) is 3.38. The van der Waals surface area contributed by atoms with E-state index in [-0.39, 0.29) is 0 Å². The van der Waals surface area contributed by atoms with Crippen molar-refractivity contribution in [3.8, 4) is 0 Å². The molecule has 1 N–H and O–H groups in total. The van der Waals surface area contributed by atoms with Crippen LogP contribution in [0, 0.1) is 0 Å². The Morgan fingerprint density at radius 2 is 2.16 bits per heavy atom. The number of para-hydroxylation sites is 1. The molecule has 4 nitrogen and oxygen atoms in total. The average molecular weight is 319 g/mol. The Kier molecular flexibility index (Phi) is 3.14. The molecule has 0 bridgehead atoms. The third-order valence-corrected chi connectivity index (χ3v) is 3.94. The number of nitrogens with one attached hydrogen (secondary N) is 1. The molecule has 1 aromatic heterocycles. The summed E-state index contributed by atoms with van der Waals surface area (Å²) in [4.78, 5) is 11.1. The van der Waals surface area contributed by atoms with E-state index in [1.165, 1.54) is 11.3 Å². The maximum Gasteiger partial charge on any atom is 0.224 e. The molecule has 1 aromatic carbocycles. The lowest BCUT2D eigenvalue weighted by Crippen LogP contribution is -2.25. The van der Waals surface area contributed by atoms with Gasteiger partial charge in [-0.25, -0.2) is 4.98 Å². The van der Waals surface area contributed by atoms with Crippen LogP contribution in [-0.2, 0) is 6.42 Å². The van der Waals surface area contributed by atoms with Crippen LogP contribution in [0.4, 0.5) is 17.5 Å². The summed E-state index contributed by atoms with van der Waals surface area (Å²) in [6.45, 7) is 2.22. The van der Waals surface area contributed by atoms with Crippen LogP contribution in [0.15, 0.2) is 34.9 Å². The molecule has 2 heterocycles. The highest BCUT2D eigenvalue weighted by atomic mass is 79.9. The molecule has 0 amide bonds. The van der Waals surface area contributed by atoms with E-state index in [9.17, 15) is 0 Å². The van der Waals surface area contributed by atoms with Crippen molar-refractivity contribution in [3.05, 3.63) is 40.5 Å². The fourth-order valence-corrected chi connectivity index (χ4v) is 2.92. The number of nitrogens with zero attached hydrogens (tertiary/aromatic N) is 3. The first-order valence-electron chi connectivity index (χ1n) is 6.28. The highest BCUT2D eigenvalue weighted by molar-refractivity contribution is 9.10. The van der Waals surface area contributed by atoms with Gasteiger partial charge in [0, 0.05) is 25.0 Å². The molecule has 1 atom stereocenters. The van der Waals surface area contributed by atoms with E-state index in [0.29, 0.717) is 12.0 Å². The van der Waals surface area contributed by atoms with E-state index in [1.54, 1.807) is 6.20 Å². The smallest absolute Gasteiger partial charge is 0.224 e. The van der Waals surface area contributed by atoms with Gasteiger partial charge in [0.05, 0.1) is 4.47 Å². The molecule has 0 radical (unpaired) electrons. The van der Waals surface area contributed by atoms with Crippen molar-refractivity contribution < 1.29 is 0 Å². The Hall–Kier alpha value is -1.62. The minimum atomic E-state index is 0.397. The zero-order valence-electron chi connectivity index (χ0n) is 10.9. The van der Waals surface area contributed by atoms with Gasteiger partial charge in [-0.15, -0.1) is 0 Å². The van der Waals surface area contributed by atoms with Crippen molar-refractivity contribution in [2.75, 3.05) is 17.3 Å². The summed E-state index contributed by atoms with van der Waals surface area (Å²) < 4.78 is 0.912. The zero-order valence-corrected chi connectivity index (χ0v) is 12.5. The largest absolute Gasteiger partial charge is 0.357 e. The van der Waals surface area contributed by atoms with Crippen molar-refractivity contribution in [2.45, 2.75) is 19.4 Å². The average Bonchev–Trinajstić information content (AvgIpc) is 2.75. The Morgan fingerprint density at radius 3 is 2.95 bits per heavy atom. The molecular weight excluding hydrogens is 304 g/mol. The quantitative estimate of drug-likeness (QED) is 0.921. The van der Waals surface area contributed by atoms with E-state index in [1.807, 2.05) is 7.05 Å². The van der Waals surface area contributed by atoms with Crippen LogP contribution in [0.5, 0.6) is 0 Å². The van der Waals surface area contributed by atoms with Crippen LogP contribution in [0.25, 0.3) is 0 Å². The first-order chi connectivity index (χ1) is 9.20. The molecule has 0 fully saturated rings. The second-order valence-corrected chi connectivity index (χ2v) is 5.52. The molecule has 19 heavy (non-hydrogen) atoms. The minimum Gasteiger partial charge on any atom is -0.357 e. The van der Waals surface area contributed by atoms with E-state index >= 15 is 0 Å². The van der Waals surface area contributed by atoms with Crippen molar-refractivity contribution in [3.63, 3.8) is 0 Å². The van der Waals surface area contributed by atoms with Gasteiger partial charge in [0.15, 0.2) is 5.82 Å². The Labute approximate surface area is 121 Å². The van der Waals surface area contributed by atoms with E-state index in [2.05, 4.69) is 67.3 Å². The van der Waals surface area contributed by atoms with Crippen molar-refractivity contribution in [1.82, 2.24) is 9.97 Å². The number of rotatable bonds is 2. The predicted molar refractivity (Wildman–Crippen MR) is 81.0 cm³/mol. The van der Waals surface area contributed by atoms with Gasteiger partial charge in [0.2, 0.25) is 5.95 Å². The number of hydrogen-bond donors (Lipinski definition) is 1. The van der Waals surface area contributed by atoms with Gasteiger partial charge in [-0.3, -0.25) is 0 Å². The molecule has 0 aliphatic carbocycles. The van der Waals surface area contributed by atoms with Crippen LogP contribution in [0.2, 0.25) is 0 Å². The monoisotopic (exact) mass is 318 g/mol. The standard InChI is InChI=1S/C14H15BrN4/c1-9-7-10-5-3-4-6-12(10)19(9)13-11(15)8-17-14(16-2)18-13/h3-6,8-9H,7H2,1-2H3,(H,16,17,18). The third kappa shape index (κ3) is 2.08. The second-order valence-electron chi connectivity index (χ2n) is 4.67. The van der Waals surface area contributed by atoms with Gasteiger partial charge in [-0.2, -0.15) is 4.98 Å². The molecule has 0 spiro atoms. The second kappa shape index (κ2) is 4.81. The van der Waals surface area contributed by atoms with Gasteiger partial charge in [-0.1, -0.05) is 18.2 Å². The van der Waals surface area contributed by atoms with Crippen LogP contribution >= 0.6 is 15.9 Å². The molecule has 5 heteroatoms.